The lowest BCUT2D eigenvalue weighted by Crippen LogP contribution is -2.21. The molecule has 0 spiro atoms. The fraction of sp³-hybridized carbons (Fsp3) is 0.125. The van der Waals surface area contributed by atoms with Gasteiger partial charge >= 0.3 is 0 Å². The Morgan fingerprint density at radius 2 is 1.45 bits per heavy atom. The lowest BCUT2D eigenvalue weighted by molar-refractivity contribution is -0.116. The monoisotopic (exact) mass is 387 g/mol. The van der Waals surface area contributed by atoms with Crippen LogP contribution in [0.3, 0.4) is 0 Å². The van der Waals surface area contributed by atoms with Crippen LogP contribution < -0.4 is 5.32 Å². The predicted molar refractivity (Wildman–Crippen MR) is 113 cm³/mol. The molecule has 3 aromatic carbocycles. The minimum Gasteiger partial charge on any atom is -0.508 e. The normalized spacial score (nSPS) is 15.3. The first kappa shape index (κ1) is 18.6. The molecule has 1 amide bonds. The SMILES string of the molecule is CCC1=C(c2ccc(O)cc2)C(C(=O)Nc2ccc(O)cc2)c2cc(O)ccc21. The molecule has 0 heterocycles. The summed E-state index contributed by atoms with van der Waals surface area (Å²) >= 11 is 0. The van der Waals surface area contributed by atoms with Crippen molar-refractivity contribution in [1.29, 1.82) is 0 Å². The van der Waals surface area contributed by atoms with Crippen LogP contribution in [-0.2, 0) is 4.79 Å². The van der Waals surface area contributed by atoms with Crippen LogP contribution in [-0.4, -0.2) is 21.2 Å². The van der Waals surface area contributed by atoms with E-state index in [0.717, 1.165) is 34.3 Å². The maximum atomic E-state index is 13.3. The Labute approximate surface area is 168 Å². The predicted octanol–water partition coefficient (Wildman–Crippen LogP) is 4.86. The number of allylic oxidation sites excluding steroid dienone is 1. The Hall–Kier alpha value is -3.73. The van der Waals surface area contributed by atoms with Gasteiger partial charge in [-0.1, -0.05) is 25.1 Å². The van der Waals surface area contributed by atoms with E-state index in [4.69, 9.17) is 0 Å². The van der Waals surface area contributed by atoms with E-state index in [1.54, 1.807) is 48.5 Å². The van der Waals surface area contributed by atoms with E-state index in [1.807, 2.05) is 13.0 Å². The molecule has 4 rings (SSSR count). The molecule has 4 N–H and O–H groups in total. The Morgan fingerprint density at radius 1 is 0.862 bits per heavy atom. The molecule has 0 bridgehead atoms. The van der Waals surface area contributed by atoms with Crippen molar-refractivity contribution < 1.29 is 20.1 Å². The molecule has 0 radical (unpaired) electrons. The minimum atomic E-state index is -0.606. The van der Waals surface area contributed by atoms with Crippen LogP contribution in [0, 0.1) is 0 Å². The largest absolute Gasteiger partial charge is 0.508 e. The number of phenols is 3. The molecule has 0 saturated carbocycles. The number of rotatable bonds is 4. The molecular weight excluding hydrogens is 366 g/mol. The van der Waals surface area contributed by atoms with Gasteiger partial charge in [-0.3, -0.25) is 4.79 Å². The van der Waals surface area contributed by atoms with Gasteiger partial charge in [0.05, 0.1) is 5.92 Å². The standard InChI is InChI=1S/C24H21NO4/c1-2-19-20-12-11-18(28)13-21(20)23(22(19)14-3-7-16(26)8-4-14)24(29)25-15-5-9-17(27)10-6-15/h3-13,23,26-28H,2H2,1H3,(H,25,29). The van der Waals surface area contributed by atoms with Gasteiger partial charge in [-0.2, -0.15) is 0 Å². The summed E-state index contributed by atoms with van der Waals surface area (Å²) in [7, 11) is 0. The van der Waals surface area contributed by atoms with Crippen molar-refractivity contribution in [1.82, 2.24) is 0 Å². The van der Waals surface area contributed by atoms with Gasteiger partial charge in [0.25, 0.3) is 0 Å². The molecular formula is C24H21NO4. The first-order chi connectivity index (χ1) is 14.0. The maximum absolute atomic E-state index is 13.3. The van der Waals surface area contributed by atoms with E-state index < -0.39 is 5.92 Å². The van der Waals surface area contributed by atoms with Gasteiger partial charge in [0, 0.05) is 5.69 Å². The minimum absolute atomic E-state index is 0.105. The quantitative estimate of drug-likeness (QED) is 0.481. The number of carbonyl (C=O) groups is 1. The Morgan fingerprint density at radius 3 is 2.07 bits per heavy atom. The van der Waals surface area contributed by atoms with Gasteiger partial charge in [-0.05, 0) is 82.8 Å². The molecule has 1 atom stereocenters. The summed E-state index contributed by atoms with van der Waals surface area (Å²) in [5, 5.41) is 32.1. The van der Waals surface area contributed by atoms with Gasteiger partial charge in [-0.25, -0.2) is 0 Å². The molecule has 0 fully saturated rings. The molecule has 29 heavy (non-hydrogen) atoms. The number of carbonyl (C=O) groups excluding carboxylic acids is 1. The Bertz CT molecular complexity index is 1100. The van der Waals surface area contributed by atoms with E-state index in [9.17, 15) is 20.1 Å². The fourth-order valence-electron chi connectivity index (χ4n) is 3.93. The summed E-state index contributed by atoms with van der Waals surface area (Å²) in [4.78, 5) is 13.3. The first-order valence-electron chi connectivity index (χ1n) is 9.43. The summed E-state index contributed by atoms with van der Waals surface area (Å²) in [5.41, 5.74) is 5.02. The number of anilines is 1. The molecule has 3 aromatic rings. The summed E-state index contributed by atoms with van der Waals surface area (Å²) in [6, 6.07) is 18.2. The third-order valence-corrected chi connectivity index (χ3v) is 5.21. The highest BCUT2D eigenvalue weighted by Gasteiger charge is 2.36. The van der Waals surface area contributed by atoms with E-state index in [-0.39, 0.29) is 23.2 Å². The smallest absolute Gasteiger partial charge is 0.236 e. The van der Waals surface area contributed by atoms with Gasteiger partial charge in [0.2, 0.25) is 5.91 Å². The van der Waals surface area contributed by atoms with Crippen LogP contribution >= 0.6 is 0 Å². The van der Waals surface area contributed by atoms with Gasteiger partial charge in [0.1, 0.15) is 17.2 Å². The second-order valence-electron chi connectivity index (χ2n) is 7.03. The summed E-state index contributed by atoms with van der Waals surface area (Å²) in [6.45, 7) is 2.03. The maximum Gasteiger partial charge on any atom is 0.236 e. The number of hydrogen-bond acceptors (Lipinski definition) is 4. The number of amides is 1. The second kappa shape index (κ2) is 7.36. The number of aromatic hydroxyl groups is 3. The number of phenolic OH excluding ortho intramolecular Hbond substituents is 3. The molecule has 1 aliphatic rings. The van der Waals surface area contributed by atoms with Crippen molar-refractivity contribution in [3.8, 4) is 17.2 Å². The van der Waals surface area contributed by atoms with Gasteiger partial charge < -0.3 is 20.6 Å². The van der Waals surface area contributed by atoms with Crippen LogP contribution in [0.2, 0.25) is 0 Å². The molecule has 146 valence electrons. The lowest BCUT2D eigenvalue weighted by atomic mass is 9.89. The fourth-order valence-corrected chi connectivity index (χ4v) is 3.93. The third kappa shape index (κ3) is 3.43. The van der Waals surface area contributed by atoms with Crippen molar-refractivity contribution >= 4 is 22.7 Å². The van der Waals surface area contributed by atoms with E-state index >= 15 is 0 Å². The molecule has 1 aliphatic carbocycles. The molecule has 5 nitrogen and oxygen atoms in total. The molecule has 0 aliphatic heterocycles. The van der Waals surface area contributed by atoms with Crippen molar-refractivity contribution in [3.63, 3.8) is 0 Å². The molecule has 1 unspecified atom stereocenters. The molecule has 0 saturated heterocycles. The summed E-state index contributed by atoms with van der Waals surface area (Å²) < 4.78 is 0. The zero-order valence-corrected chi connectivity index (χ0v) is 15.9. The van der Waals surface area contributed by atoms with Crippen LogP contribution in [0.1, 0.15) is 36.0 Å². The zero-order valence-electron chi connectivity index (χ0n) is 15.9. The van der Waals surface area contributed by atoms with Crippen LogP contribution in [0.5, 0.6) is 17.2 Å². The van der Waals surface area contributed by atoms with Crippen LogP contribution in [0.4, 0.5) is 5.69 Å². The zero-order chi connectivity index (χ0) is 20.5. The highest BCUT2D eigenvalue weighted by Crippen LogP contribution is 2.49. The second-order valence-corrected chi connectivity index (χ2v) is 7.03. The Kier molecular flexibility index (Phi) is 4.72. The first-order valence-corrected chi connectivity index (χ1v) is 9.43. The van der Waals surface area contributed by atoms with E-state index in [1.165, 1.54) is 12.1 Å². The summed E-state index contributed by atoms with van der Waals surface area (Å²) in [6.07, 6.45) is 0.719. The highest BCUT2D eigenvalue weighted by molar-refractivity contribution is 6.14. The van der Waals surface area contributed by atoms with Gasteiger partial charge in [-0.15, -0.1) is 0 Å². The van der Waals surface area contributed by atoms with E-state index in [2.05, 4.69) is 5.32 Å². The Balaban J connectivity index is 1.82. The number of fused-ring (bicyclic) bond motifs is 1. The average Bonchev–Trinajstić information content (AvgIpc) is 3.03. The number of benzene rings is 3. The van der Waals surface area contributed by atoms with E-state index in [0.29, 0.717) is 5.69 Å². The average molecular weight is 387 g/mol. The highest BCUT2D eigenvalue weighted by atomic mass is 16.3. The van der Waals surface area contributed by atoms with Crippen LogP contribution in [0.25, 0.3) is 11.1 Å². The molecule has 0 aromatic heterocycles. The van der Waals surface area contributed by atoms with Crippen molar-refractivity contribution in [2.75, 3.05) is 5.32 Å². The van der Waals surface area contributed by atoms with Crippen LogP contribution in [0.15, 0.2) is 66.7 Å². The third-order valence-electron chi connectivity index (χ3n) is 5.21. The lowest BCUT2D eigenvalue weighted by Gasteiger charge is -2.18. The van der Waals surface area contributed by atoms with Crippen molar-refractivity contribution in [2.45, 2.75) is 19.3 Å². The van der Waals surface area contributed by atoms with Crippen molar-refractivity contribution in [3.05, 3.63) is 83.4 Å². The number of nitrogens with one attached hydrogen (secondary N) is 1. The summed E-state index contributed by atoms with van der Waals surface area (Å²) in [5.74, 6) is -0.448. The van der Waals surface area contributed by atoms with Crippen molar-refractivity contribution in [2.24, 2.45) is 0 Å². The van der Waals surface area contributed by atoms with Gasteiger partial charge in [0.15, 0.2) is 0 Å². The molecule has 5 heteroatoms. The number of hydrogen-bond donors (Lipinski definition) is 4. The topological polar surface area (TPSA) is 89.8 Å².